The molecule has 0 aliphatic heterocycles. The lowest BCUT2D eigenvalue weighted by Gasteiger charge is -2.18. The summed E-state index contributed by atoms with van der Waals surface area (Å²) >= 11 is 0. The fraction of sp³-hybridized carbons (Fsp3) is 0.500. The topological polar surface area (TPSA) is 42.2 Å². The highest BCUT2D eigenvalue weighted by Crippen LogP contribution is 2.16. The van der Waals surface area contributed by atoms with E-state index in [1.54, 1.807) is 0 Å². The quantitative estimate of drug-likeness (QED) is 0.784. The molecule has 0 saturated carbocycles. The Morgan fingerprint density at radius 2 is 1.86 bits per heavy atom. The lowest BCUT2D eigenvalue weighted by molar-refractivity contribution is 0.223. The number of hydrogen-bond donors (Lipinski definition) is 0. The maximum atomic E-state index is 13.7. The van der Waals surface area contributed by atoms with Crippen molar-refractivity contribution >= 4 is 0 Å². The van der Waals surface area contributed by atoms with E-state index in [1.165, 1.54) is 18.2 Å². The van der Waals surface area contributed by atoms with Gasteiger partial charge >= 0.3 is 0 Å². The van der Waals surface area contributed by atoms with Gasteiger partial charge in [-0.3, -0.25) is 4.90 Å². The second kappa shape index (κ2) is 7.45. The van der Waals surface area contributed by atoms with E-state index < -0.39 is 11.6 Å². The predicted molar refractivity (Wildman–Crippen MR) is 79.0 cm³/mol. The summed E-state index contributed by atoms with van der Waals surface area (Å²) in [6, 6.07) is 3.89. The van der Waals surface area contributed by atoms with Gasteiger partial charge in [0.2, 0.25) is 5.89 Å². The van der Waals surface area contributed by atoms with E-state index in [4.69, 9.17) is 4.52 Å². The molecular weight excluding hydrogens is 288 g/mol. The van der Waals surface area contributed by atoms with Gasteiger partial charge in [0.1, 0.15) is 11.6 Å². The highest BCUT2D eigenvalue weighted by molar-refractivity contribution is 5.19. The summed E-state index contributed by atoms with van der Waals surface area (Å²) in [5, 5.41) is 3.92. The predicted octanol–water partition coefficient (Wildman–Crippen LogP) is 3.57. The van der Waals surface area contributed by atoms with Crippen LogP contribution < -0.4 is 0 Å². The number of nitrogens with zero attached hydrogens (tertiary/aromatic N) is 3. The van der Waals surface area contributed by atoms with Gasteiger partial charge in [-0.25, -0.2) is 8.78 Å². The van der Waals surface area contributed by atoms with Crippen LogP contribution in [-0.2, 0) is 19.5 Å². The zero-order valence-electron chi connectivity index (χ0n) is 13.1. The van der Waals surface area contributed by atoms with E-state index in [0.717, 1.165) is 6.42 Å². The molecule has 120 valence electrons. The molecule has 0 saturated heterocycles. The molecule has 0 unspecified atom stereocenters. The van der Waals surface area contributed by atoms with Crippen LogP contribution in [0.15, 0.2) is 22.7 Å². The summed E-state index contributed by atoms with van der Waals surface area (Å²) in [6.07, 6.45) is 0.748. The monoisotopic (exact) mass is 309 g/mol. The van der Waals surface area contributed by atoms with Crippen molar-refractivity contribution in [3.63, 3.8) is 0 Å². The molecule has 0 bridgehead atoms. The molecule has 1 aromatic heterocycles. The van der Waals surface area contributed by atoms with Crippen LogP contribution in [-0.4, -0.2) is 21.6 Å². The Balaban J connectivity index is 2.04. The van der Waals surface area contributed by atoms with E-state index in [0.29, 0.717) is 30.7 Å². The van der Waals surface area contributed by atoms with Crippen LogP contribution in [0, 0.1) is 17.6 Å². The fourth-order valence-electron chi connectivity index (χ4n) is 2.18. The van der Waals surface area contributed by atoms with E-state index in [-0.39, 0.29) is 12.1 Å². The first-order valence-corrected chi connectivity index (χ1v) is 7.46. The molecule has 0 radical (unpaired) electrons. The third-order valence-electron chi connectivity index (χ3n) is 3.35. The third kappa shape index (κ3) is 4.34. The molecule has 0 aliphatic carbocycles. The van der Waals surface area contributed by atoms with Gasteiger partial charge in [-0.2, -0.15) is 4.98 Å². The van der Waals surface area contributed by atoms with Gasteiger partial charge in [0.25, 0.3) is 0 Å². The molecule has 22 heavy (non-hydrogen) atoms. The Morgan fingerprint density at radius 1 is 1.18 bits per heavy atom. The fourth-order valence-corrected chi connectivity index (χ4v) is 2.18. The van der Waals surface area contributed by atoms with Gasteiger partial charge in [-0.15, -0.1) is 0 Å². The van der Waals surface area contributed by atoms with Crippen molar-refractivity contribution in [3.8, 4) is 0 Å². The van der Waals surface area contributed by atoms with Gasteiger partial charge in [-0.05, 0) is 24.6 Å². The Hall–Kier alpha value is -1.82. The Bertz CT molecular complexity index is 593. The Morgan fingerprint density at radius 3 is 2.45 bits per heavy atom. The molecule has 6 heteroatoms. The second-order valence-electron chi connectivity index (χ2n) is 5.71. The number of halogens is 2. The number of aromatic nitrogens is 2. The maximum Gasteiger partial charge on any atom is 0.240 e. The summed E-state index contributed by atoms with van der Waals surface area (Å²) < 4.78 is 32.6. The molecule has 0 atom stereocenters. The smallest absolute Gasteiger partial charge is 0.240 e. The maximum absolute atomic E-state index is 13.7. The average molecular weight is 309 g/mol. The molecule has 2 rings (SSSR count). The third-order valence-corrected chi connectivity index (χ3v) is 3.35. The lowest BCUT2D eigenvalue weighted by Crippen LogP contribution is -2.23. The van der Waals surface area contributed by atoms with Gasteiger partial charge < -0.3 is 4.52 Å². The molecule has 4 nitrogen and oxygen atoms in total. The highest BCUT2D eigenvalue weighted by atomic mass is 19.1. The van der Waals surface area contributed by atoms with Crippen molar-refractivity contribution in [2.24, 2.45) is 5.92 Å². The van der Waals surface area contributed by atoms with Crippen molar-refractivity contribution in [1.29, 1.82) is 0 Å². The van der Waals surface area contributed by atoms with Crippen LogP contribution >= 0.6 is 0 Å². The molecular formula is C16H21F2N3O. The van der Waals surface area contributed by atoms with Crippen LogP contribution in [0.25, 0.3) is 0 Å². The molecule has 0 spiro atoms. The van der Waals surface area contributed by atoms with Crippen LogP contribution in [0.2, 0.25) is 0 Å². The van der Waals surface area contributed by atoms with Crippen molar-refractivity contribution in [1.82, 2.24) is 15.0 Å². The molecule has 0 amide bonds. The van der Waals surface area contributed by atoms with Gasteiger partial charge in [0, 0.05) is 18.5 Å². The SMILES string of the molecule is CCN(Cc1nc(CC(C)C)no1)Cc1c(F)cccc1F. The first-order chi connectivity index (χ1) is 10.5. The van der Waals surface area contributed by atoms with Gasteiger partial charge in [-0.1, -0.05) is 32.0 Å². The van der Waals surface area contributed by atoms with Crippen molar-refractivity contribution in [3.05, 3.63) is 47.1 Å². The van der Waals surface area contributed by atoms with Crippen LogP contribution in [0.5, 0.6) is 0 Å². The first kappa shape index (κ1) is 16.5. The summed E-state index contributed by atoms with van der Waals surface area (Å²) in [5.74, 6) is 0.501. The normalized spacial score (nSPS) is 11.6. The number of rotatable bonds is 7. The summed E-state index contributed by atoms with van der Waals surface area (Å²) in [7, 11) is 0. The van der Waals surface area contributed by atoms with E-state index >= 15 is 0 Å². The van der Waals surface area contributed by atoms with E-state index in [2.05, 4.69) is 24.0 Å². The molecule has 1 aromatic carbocycles. The van der Waals surface area contributed by atoms with Crippen molar-refractivity contribution < 1.29 is 13.3 Å². The molecule has 0 N–H and O–H groups in total. The van der Waals surface area contributed by atoms with E-state index in [1.807, 2.05) is 11.8 Å². The Labute approximate surface area is 129 Å². The number of benzene rings is 1. The van der Waals surface area contributed by atoms with Gasteiger partial charge in [0.15, 0.2) is 5.82 Å². The zero-order chi connectivity index (χ0) is 16.1. The highest BCUT2D eigenvalue weighted by Gasteiger charge is 2.16. The first-order valence-electron chi connectivity index (χ1n) is 7.46. The van der Waals surface area contributed by atoms with Crippen LogP contribution in [0.3, 0.4) is 0 Å². The molecule has 1 heterocycles. The van der Waals surface area contributed by atoms with Crippen LogP contribution in [0.1, 0.15) is 38.0 Å². The Kier molecular flexibility index (Phi) is 5.60. The minimum absolute atomic E-state index is 0.0614. The number of hydrogen-bond acceptors (Lipinski definition) is 4. The molecule has 0 fully saturated rings. The summed E-state index contributed by atoms with van der Waals surface area (Å²) in [4.78, 5) is 6.17. The molecule has 2 aromatic rings. The largest absolute Gasteiger partial charge is 0.338 e. The average Bonchev–Trinajstić information content (AvgIpc) is 2.88. The lowest BCUT2D eigenvalue weighted by atomic mass is 10.1. The van der Waals surface area contributed by atoms with Crippen LogP contribution in [0.4, 0.5) is 8.78 Å². The van der Waals surface area contributed by atoms with Gasteiger partial charge in [0.05, 0.1) is 6.54 Å². The minimum Gasteiger partial charge on any atom is -0.338 e. The minimum atomic E-state index is -0.538. The molecule has 0 aliphatic rings. The van der Waals surface area contributed by atoms with E-state index in [9.17, 15) is 8.78 Å². The van der Waals surface area contributed by atoms with Crippen molar-refractivity contribution in [2.45, 2.75) is 40.3 Å². The summed E-state index contributed by atoms with van der Waals surface area (Å²) in [5.41, 5.74) is 0.0614. The summed E-state index contributed by atoms with van der Waals surface area (Å²) in [6.45, 7) is 7.23. The van der Waals surface area contributed by atoms with Crippen molar-refractivity contribution in [2.75, 3.05) is 6.54 Å². The second-order valence-corrected chi connectivity index (χ2v) is 5.71. The zero-order valence-corrected chi connectivity index (χ0v) is 13.1. The standard InChI is InChI=1S/C16H21F2N3O/c1-4-21(9-12-13(17)6-5-7-14(12)18)10-16-19-15(20-22-16)8-11(2)3/h5-7,11H,4,8-10H2,1-3H3.